The lowest BCUT2D eigenvalue weighted by atomic mass is 9.99. The Morgan fingerprint density at radius 3 is 2.50 bits per heavy atom. The fraction of sp³-hybridized carbons (Fsp3) is 0.812. The maximum Gasteiger partial charge on any atom is 0.308 e. The molecule has 0 aromatic rings. The van der Waals surface area contributed by atoms with Crippen LogP contribution in [0.15, 0.2) is 12.2 Å². The second kappa shape index (κ2) is 10.2. The van der Waals surface area contributed by atoms with Crippen LogP contribution in [0.1, 0.15) is 71.1 Å². The van der Waals surface area contributed by atoms with Crippen LogP contribution in [0.4, 0.5) is 0 Å². The van der Waals surface area contributed by atoms with Crippen molar-refractivity contribution in [1.82, 2.24) is 0 Å². The predicted octanol–water partition coefficient (Wildman–Crippen LogP) is 4.64. The van der Waals surface area contributed by atoms with E-state index in [-0.39, 0.29) is 11.9 Å². The molecule has 2 nitrogen and oxygen atoms in total. The van der Waals surface area contributed by atoms with Crippen LogP contribution in [0.2, 0.25) is 0 Å². The van der Waals surface area contributed by atoms with Gasteiger partial charge in [0.15, 0.2) is 0 Å². The molecule has 1 unspecified atom stereocenters. The topological polar surface area (TPSA) is 26.3 Å². The van der Waals surface area contributed by atoms with Crippen LogP contribution in [0.5, 0.6) is 0 Å². The second-order valence-electron chi connectivity index (χ2n) is 5.23. The van der Waals surface area contributed by atoms with Gasteiger partial charge in [0, 0.05) is 0 Å². The first kappa shape index (κ1) is 15.3. The molecular formula is C16H28O2. The standard InChI is InChI=1S/C16H28O2/c1-2-15-13-11-9-7-5-3-4-6-8-10-12-14-18-16(15)17/h5,7,15H,2-4,6,8-14H2,1H3. The summed E-state index contributed by atoms with van der Waals surface area (Å²) >= 11 is 0. The van der Waals surface area contributed by atoms with Gasteiger partial charge in [-0.3, -0.25) is 4.79 Å². The van der Waals surface area contributed by atoms with Gasteiger partial charge in [0.1, 0.15) is 0 Å². The van der Waals surface area contributed by atoms with E-state index in [1.165, 1.54) is 32.1 Å². The third kappa shape index (κ3) is 6.83. The summed E-state index contributed by atoms with van der Waals surface area (Å²) in [6, 6.07) is 0. The molecule has 104 valence electrons. The Bertz CT molecular complexity index is 245. The van der Waals surface area contributed by atoms with Crippen LogP contribution in [0.25, 0.3) is 0 Å². The summed E-state index contributed by atoms with van der Waals surface area (Å²) in [6.45, 7) is 2.70. The fourth-order valence-electron chi connectivity index (χ4n) is 2.39. The Hall–Kier alpha value is -0.790. The molecule has 0 aliphatic carbocycles. The monoisotopic (exact) mass is 252 g/mol. The Kier molecular flexibility index (Phi) is 8.62. The molecule has 0 bridgehead atoms. The average molecular weight is 252 g/mol. The number of carbonyl (C=O) groups excluding carboxylic acids is 1. The highest BCUT2D eigenvalue weighted by Gasteiger charge is 2.16. The maximum absolute atomic E-state index is 11.8. The minimum absolute atomic E-state index is 0.0244. The van der Waals surface area contributed by atoms with Gasteiger partial charge in [-0.2, -0.15) is 0 Å². The van der Waals surface area contributed by atoms with Gasteiger partial charge in [0.2, 0.25) is 0 Å². The van der Waals surface area contributed by atoms with Crippen molar-refractivity contribution < 1.29 is 9.53 Å². The largest absolute Gasteiger partial charge is 0.465 e. The van der Waals surface area contributed by atoms with E-state index in [0.29, 0.717) is 6.61 Å². The number of hydrogen-bond donors (Lipinski definition) is 0. The molecule has 1 rings (SSSR count). The Labute approximate surface area is 112 Å². The van der Waals surface area contributed by atoms with Gasteiger partial charge in [-0.25, -0.2) is 0 Å². The average Bonchev–Trinajstić information content (AvgIpc) is 2.39. The number of esters is 1. The van der Waals surface area contributed by atoms with Crippen LogP contribution >= 0.6 is 0 Å². The Morgan fingerprint density at radius 2 is 1.72 bits per heavy atom. The van der Waals surface area contributed by atoms with Gasteiger partial charge >= 0.3 is 5.97 Å². The van der Waals surface area contributed by atoms with E-state index in [1.54, 1.807) is 0 Å². The van der Waals surface area contributed by atoms with Gasteiger partial charge < -0.3 is 4.74 Å². The second-order valence-corrected chi connectivity index (χ2v) is 5.23. The van der Waals surface area contributed by atoms with Crippen molar-refractivity contribution in [3.8, 4) is 0 Å². The molecule has 1 aliphatic heterocycles. The predicted molar refractivity (Wildman–Crippen MR) is 75.4 cm³/mol. The van der Waals surface area contributed by atoms with E-state index < -0.39 is 0 Å². The number of ether oxygens (including phenoxy) is 1. The van der Waals surface area contributed by atoms with Crippen molar-refractivity contribution in [2.45, 2.75) is 71.1 Å². The van der Waals surface area contributed by atoms with Crippen molar-refractivity contribution in [2.24, 2.45) is 5.92 Å². The Morgan fingerprint density at radius 1 is 1.06 bits per heavy atom. The highest BCUT2D eigenvalue weighted by Crippen LogP contribution is 2.16. The van der Waals surface area contributed by atoms with Gasteiger partial charge in [0.25, 0.3) is 0 Å². The molecule has 0 saturated carbocycles. The molecule has 0 aromatic carbocycles. The molecule has 1 aliphatic rings. The molecule has 0 radical (unpaired) electrons. The summed E-state index contributed by atoms with van der Waals surface area (Å²) in [6.07, 6.45) is 16.0. The van der Waals surface area contributed by atoms with Crippen molar-refractivity contribution >= 4 is 5.97 Å². The fourth-order valence-corrected chi connectivity index (χ4v) is 2.39. The van der Waals surface area contributed by atoms with Crippen molar-refractivity contribution in [3.05, 3.63) is 12.2 Å². The quantitative estimate of drug-likeness (QED) is 0.502. The first-order valence-electron chi connectivity index (χ1n) is 7.66. The van der Waals surface area contributed by atoms with Crippen molar-refractivity contribution in [3.63, 3.8) is 0 Å². The number of carbonyl (C=O) groups is 1. The molecule has 0 N–H and O–H groups in total. The molecule has 2 heteroatoms. The normalized spacial score (nSPS) is 24.9. The lowest BCUT2D eigenvalue weighted by molar-refractivity contribution is -0.149. The SMILES string of the molecule is CCC1CCCC=CCCCCCCCOC1=O. The molecule has 0 saturated heterocycles. The molecule has 0 aromatic heterocycles. The van der Waals surface area contributed by atoms with E-state index in [2.05, 4.69) is 19.1 Å². The lowest BCUT2D eigenvalue weighted by Crippen LogP contribution is -2.17. The highest BCUT2D eigenvalue weighted by atomic mass is 16.5. The van der Waals surface area contributed by atoms with Crippen LogP contribution < -0.4 is 0 Å². The minimum Gasteiger partial charge on any atom is -0.465 e. The van der Waals surface area contributed by atoms with E-state index >= 15 is 0 Å². The highest BCUT2D eigenvalue weighted by molar-refractivity contribution is 5.72. The van der Waals surface area contributed by atoms with Gasteiger partial charge in [-0.05, 0) is 44.9 Å². The molecule has 0 amide bonds. The first-order valence-corrected chi connectivity index (χ1v) is 7.66. The molecule has 1 heterocycles. The van der Waals surface area contributed by atoms with Crippen molar-refractivity contribution in [1.29, 1.82) is 0 Å². The minimum atomic E-state index is 0.0244. The van der Waals surface area contributed by atoms with E-state index in [9.17, 15) is 4.79 Å². The van der Waals surface area contributed by atoms with Crippen LogP contribution in [0, 0.1) is 5.92 Å². The van der Waals surface area contributed by atoms with Gasteiger partial charge in [0.05, 0.1) is 12.5 Å². The third-order valence-corrected chi connectivity index (χ3v) is 3.68. The molecular weight excluding hydrogens is 224 g/mol. The smallest absolute Gasteiger partial charge is 0.308 e. The van der Waals surface area contributed by atoms with E-state index in [4.69, 9.17) is 4.74 Å². The number of rotatable bonds is 1. The first-order chi connectivity index (χ1) is 8.84. The zero-order valence-electron chi connectivity index (χ0n) is 11.8. The summed E-state index contributed by atoms with van der Waals surface area (Å²) in [5.41, 5.74) is 0. The summed E-state index contributed by atoms with van der Waals surface area (Å²) in [5.74, 6) is 0.139. The maximum atomic E-state index is 11.8. The Balaban J connectivity index is 2.37. The van der Waals surface area contributed by atoms with Gasteiger partial charge in [-0.1, -0.05) is 38.3 Å². The number of allylic oxidation sites excluding steroid dienone is 2. The van der Waals surface area contributed by atoms with E-state index in [0.717, 1.165) is 32.1 Å². The zero-order valence-corrected chi connectivity index (χ0v) is 11.8. The van der Waals surface area contributed by atoms with Gasteiger partial charge in [-0.15, -0.1) is 0 Å². The van der Waals surface area contributed by atoms with E-state index in [1.807, 2.05) is 0 Å². The summed E-state index contributed by atoms with van der Waals surface area (Å²) < 4.78 is 5.36. The van der Waals surface area contributed by atoms with Crippen molar-refractivity contribution in [2.75, 3.05) is 6.61 Å². The summed E-state index contributed by atoms with van der Waals surface area (Å²) in [5, 5.41) is 0. The number of hydrogen-bond acceptors (Lipinski definition) is 2. The molecule has 0 fully saturated rings. The van der Waals surface area contributed by atoms with Crippen LogP contribution in [-0.2, 0) is 9.53 Å². The summed E-state index contributed by atoms with van der Waals surface area (Å²) in [4.78, 5) is 11.8. The molecule has 1 atom stereocenters. The lowest BCUT2D eigenvalue weighted by Gasteiger charge is -2.13. The van der Waals surface area contributed by atoms with Crippen LogP contribution in [-0.4, -0.2) is 12.6 Å². The number of cyclic esters (lactones) is 1. The summed E-state index contributed by atoms with van der Waals surface area (Å²) in [7, 11) is 0. The zero-order chi connectivity index (χ0) is 13.1. The molecule has 0 spiro atoms. The molecule has 18 heavy (non-hydrogen) atoms. The third-order valence-electron chi connectivity index (χ3n) is 3.68. The van der Waals surface area contributed by atoms with Crippen LogP contribution in [0.3, 0.4) is 0 Å².